The highest BCUT2D eigenvalue weighted by atomic mass is 35.5. The monoisotopic (exact) mass is 446 g/mol. The van der Waals surface area contributed by atoms with Crippen molar-refractivity contribution in [1.82, 2.24) is 0 Å². The Labute approximate surface area is 180 Å². The van der Waals surface area contributed by atoms with Gasteiger partial charge in [0.2, 0.25) is 0 Å². The molecule has 0 bridgehead atoms. The van der Waals surface area contributed by atoms with E-state index >= 15 is 0 Å². The third-order valence-electron chi connectivity index (χ3n) is 3.97. The molecule has 0 aliphatic carbocycles. The van der Waals surface area contributed by atoms with E-state index in [-0.39, 0.29) is 34.4 Å². The van der Waals surface area contributed by atoms with Gasteiger partial charge in [0.05, 0.1) is 16.1 Å². The van der Waals surface area contributed by atoms with Crippen LogP contribution in [0.5, 0.6) is 17.2 Å². The highest BCUT2D eigenvalue weighted by Gasteiger charge is 2.29. The molecule has 0 atom stereocenters. The predicted molar refractivity (Wildman–Crippen MR) is 109 cm³/mol. The van der Waals surface area contributed by atoms with Gasteiger partial charge < -0.3 is 14.6 Å². The number of carbonyl (C=O) groups is 1. The van der Waals surface area contributed by atoms with Crippen LogP contribution in [-0.2, 0) is 6.18 Å². The third-order valence-corrected chi connectivity index (χ3v) is 4.27. The Balaban J connectivity index is 1.71. The number of hydrogen-bond acceptors (Lipinski definition) is 3. The first kappa shape index (κ1) is 22.1. The Morgan fingerprint density at radius 1 is 1.03 bits per heavy atom. The lowest BCUT2D eigenvalue weighted by Gasteiger charge is -2.12. The van der Waals surface area contributed by atoms with Gasteiger partial charge in [-0.25, -0.2) is 4.79 Å². The van der Waals surface area contributed by atoms with Gasteiger partial charge in [-0.2, -0.15) is 13.2 Å². The number of para-hydroxylation sites is 1. The first-order chi connectivity index (χ1) is 14.7. The second-order valence-corrected chi connectivity index (χ2v) is 6.57. The molecule has 0 radical (unpaired) electrons. The number of hydrogen-bond donors (Lipinski definition) is 1. The van der Waals surface area contributed by atoms with Crippen LogP contribution in [0.4, 0.5) is 13.2 Å². The zero-order chi connectivity index (χ0) is 22.4. The van der Waals surface area contributed by atoms with Crippen LogP contribution >= 0.6 is 11.6 Å². The molecule has 0 spiro atoms. The summed E-state index contributed by atoms with van der Waals surface area (Å²) in [7, 11) is 0. The van der Waals surface area contributed by atoms with E-state index in [1.165, 1.54) is 24.3 Å². The van der Waals surface area contributed by atoms with E-state index in [1.54, 1.807) is 30.3 Å². The molecular formula is C23H14ClF3O4. The standard InChI is InChI=1S/C23H14ClF3O4/c24-19-7-2-8-20(31-18-6-1-5-16(14-18)22(28)29)21(19)30-13-3-4-15-9-11-17(12-10-15)23(25,26)27/h1-2,5-12,14H,13H2,(H,28,29). The number of aromatic carboxylic acids is 1. The summed E-state index contributed by atoms with van der Waals surface area (Å²) in [6.07, 6.45) is -4.40. The largest absolute Gasteiger partial charge is 0.478 e. The molecule has 3 rings (SSSR count). The molecule has 0 heterocycles. The third kappa shape index (κ3) is 5.93. The number of benzene rings is 3. The first-order valence-electron chi connectivity index (χ1n) is 8.83. The Morgan fingerprint density at radius 2 is 1.74 bits per heavy atom. The second-order valence-electron chi connectivity index (χ2n) is 6.17. The second kappa shape index (κ2) is 9.45. The van der Waals surface area contributed by atoms with Crippen molar-refractivity contribution >= 4 is 17.6 Å². The maximum atomic E-state index is 12.6. The van der Waals surface area contributed by atoms with E-state index in [0.29, 0.717) is 5.56 Å². The van der Waals surface area contributed by atoms with E-state index < -0.39 is 17.7 Å². The highest BCUT2D eigenvalue weighted by molar-refractivity contribution is 6.32. The van der Waals surface area contributed by atoms with Gasteiger partial charge in [-0.05, 0) is 54.6 Å². The zero-order valence-corrected chi connectivity index (χ0v) is 16.5. The van der Waals surface area contributed by atoms with Crippen molar-refractivity contribution in [2.75, 3.05) is 6.61 Å². The predicted octanol–water partition coefficient (Wildman–Crippen LogP) is 6.28. The molecule has 0 amide bonds. The fraction of sp³-hybridized carbons (Fsp3) is 0.0870. The molecule has 3 aromatic carbocycles. The first-order valence-corrected chi connectivity index (χ1v) is 9.20. The molecule has 0 saturated carbocycles. The fourth-order valence-electron chi connectivity index (χ4n) is 2.52. The molecule has 0 aliphatic heterocycles. The van der Waals surface area contributed by atoms with Gasteiger partial charge in [0.1, 0.15) is 12.4 Å². The summed E-state index contributed by atoms with van der Waals surface area (Å²) in [5.41, 5.74) is -0.291. The summed E-state index contributed by atoms with van der Waals surface area (Å²) < 4.78 is 49.1. The van der Waals surface area contributed by atoms with E-state index in [9.17, 15) is 18.0 Å². The summed E-state index contributed by atoms with van der Waals surface area (Å²) in [4.78, 5) is 11.1. The number of carboxylic acid groups (broad SMARTS) is 1. The SMILES string of the molecule is O=C(O)c1cccc(Oc2cccc(Cl)c2OCC#Cc2ccc(C(F)(F)F)cc2)c1. The van der Waals surface area contributed by atoms with Crippen molar-refractivity contribution < 1.29 is 32.5 Å². The van der Waals surface area contributed by atoms with Gasteiger partial charge in [-0.3, -0.25) is 0 Å². The summed E-state index contributed by atoms with van der Waals surface area (Å²) in [6.45, 7) is -0.101. The highest BCUT2D eigenvalue weighted by Crippen LogP contribution is 2.37. The molecule has 8 heteroatoms. The van der Waals surface area contributed by atoms with E-state index in [0.717, 1.165) is 12.1 Å². The smallest absolute Gasteiger partial charge is 0.416 e. The van der Waals surface area contributed by atoms with Crippen LogP contribution in [0.25, 0.3) is 0 Å². The quantitative estimate of drug-likeness (QED) is 0.469. The van der Waals surface area contributed by atoms with Crippen LogP contribution in [0, 0.1) is 11.8 Å². The number of ether oxygens (including phenoxy) is 2. The minimum atomic E-state index is -4.40. The Bertz CT molecular complexity index is 1150. The maximum absolute atomic E-state index is 12.6. The van der Waals surface area contributed by atoms with Crippen LogP contribution in [-0.4, -0.2) is 17.7 Å². The molecule has 4 nitrogen and oxygen atoms in total. The summed E-state index contributed by atoms with van der Waals surface area (Å²) in [5, 5.41) is 9.35. The van der Waals surface area contributed by atoms with Crippen LogP contribution in [0.15, 0.2) is 66.7 Å². The van der Waals surface area contributed by atoms with Crippen molar-refractivity contribution in [1.29, 1.82) is 0 Å². The van der Waals surface area contributed by atoms with Gasteiger partial charge in [0, 0.05) is 5.56 Å². The molecule has 1 N–H and O–H groups in total. The normalized spacial score (nSPS) is 10.7. The topological polar surface area (TPSA) is 55.8 Å². The molecule has 0 saturated heterocycles. The van der Waals surface area contributed by atoms with Crippen LogP contribution in [0.3, 0.4) is 0 Å². The average molecular weight is 447 g/mol. The fourth-order valence-corrected chi connectivity index (χ4v) is 2.74. The van der Waals surface area contributed by atoms with Gasteiger partial charge in [-0.1, -0.05) is 35.6 Å². The zero-order valence-electron chi connectivity index (χ0n) is 15.7. The molecule has 0 fully saturated rings. The van der Waals surface area contributed by atoms with E-state index in [4.69, 9.17) is 26.2 Å². The van der Waals surface area contributed by atoms with Gasteiger partial charge in [0.15, 0.2) is 11.5 Å². The van der Waals surface area contributed by atoms with Crippen LogP contribution < -0.4 is 9.47 Å². The van der Waals surface area contributed by atoms with Crippen LogP contribution in [0.1, 0.15) is 21.5 Å². The number of alkyl halides is 3. The lowest BCUT2D eigenvalue weighted by Crippen LogP contribution is -2.04. The van der Waals surface area contributed by atoms with Gasteiger partial charge >= 0.3 is 12.1 Å². The van der Waals surface area contributed by atoms with Crippen molar-refractivity contribution in [3.05, 3.63) is 88.4 Å². The molecule has 0 aromatic heterocycles. The van der Waals surface area contributed by atoms with Gasteiger partial charge in [0.25, 0.3) is 0 Å². The Hall–Kier alpha value is -3.63. The lowest BCUT2D eigenvalue weighted by atomic mass is 10.1. The molecule has 3 aromatic rings. The van der Waals surface area contributed by atoms with Crippen molar-refractivity contribution in [2.24, 2.45) is 0 Å². The molecule has 158 valence electrons. The van der Waals surface area contributed by atoms with E-state index in [1.807, 2.05) is 0 Å². The minimum Gasteiger partial charge on any atom is -0.478 e. The van der Waals surface area contributed by atoms with Crippen LogP contribution in [0.2, 0.25) is 5.02 Å². The number of halogens is 4. The molecule has 0 aliphatic rings. The van der Waals surface area contributed by atoms with Crippen molar-refractivity contribution in [3.8, 4) is 29.1 Å². The lowest BCUT2D eigenvalue weighted by molar-refractivity contribution is -0.137. The summed E-state index contributed by atoms with van der Waals surface area (Å²) >= 11 is 6.18. The molecule has 0 unspecified atom stereocenters. The molecule has 31 heavy (non-hydrogen) atoms. The average Bonchev–Trinajstić information content (AvgIpc) is 2.72. The van der Waals surface area contributed by atoms with Crippen molar-refractivity contribution in [3.63, 3.8) is 0 Å². The van der Waals surface area contributed by atoms with Crippen molar-refractivity contribution in [2.45, 2.75) is 6.18 Å². The minimum absolute atomic E-state index is 0.0596. The summed E-state index contributed by atoms with van der Waals surface area (Å²) in [6, 6.07) is 15.2. The Morgan fingerprint density at radius 3 is 2.42 bits per heavy atom. The maximum Gasteiger partial charge on any atom is 0.416 e. The number of carboxylic acids is 1. The molecular weight excluding hydrogens is 433 g/mol. The van der Waals surface area contributed by atoms with E-state index in [2.05, 4.69) is 11.8 Å². The Kier molecular flexibility index (Phi) is 6.73. The number of rotatable bonds is 5. The van der Waals surface area contributed by atoms with Gasteiger partial charge in [-0.15, -0.1) is 0 Å². The summed E-state index contributed by atoms with van der Waals surface area (Å²) in [5.74, 6) is 5.06.